The van der Waals surface area contributed by atoms with Crippen LogP contribution in [0.2, 0.25) is 0 Å². The smallest absolute Gasteiger partial charge is 0.322 e. The number of carboxylic acids is 1. The Kier molecular flexibility index (Phi) is 4.00. The molecule has 2 rings (SSSR count). The molecule has 1 fully saturated rings. The number of carboxylic acid groups (broad SMARTS) is 1. The Balaban J connectivity index is 2.36. The highest BCUT2D eigenvalue weighted by atomic mass is 79.9. The lowest BCUT2D eigenvalue weighted by atomic mass is 10.4. The van der Waals surface area contributed by atoms with Gasteiger partial charge in [-0.25, -0.2) is 8.42 Å². The van der Waals surface area contributed by atoms with Crippen LogP contribution < -0.4 is 0 Å². The van der Waals surface area contributed by atoms with E-state index in [9.17, 15) is 13.2 Å². The van der Waals surface area contributed by atoms with E-state index in [0.29, 0.717) is 0 Å². The van der Waals surface area contributed by atoms with Crippen molar-refractivity contribution in [3.63, 3.8) is 0 Å². The third-order valence-corrected chi connectivity index (χ3v) is 6.12. The van der Waals surface area contributed by atoms with Crippen LogP contribution in [0.1, 0.15) is 0 Å². The second-order valence-electron chi connectivity index (χ2n) is 3.70. The van der Waals surface area contributed by atoms with Crippen molar-refractivity contribution in [1.82, 2.24) is 4.31 Å². The molecule has 0 unspecified atom stereocenters. The summed E-state index contributed by atoms with van der Waals surface area (Å²) < 4.78 is 26.4. The number of aliphatic carboxylic acids is 1. The Hall–Kier alpha value is -0.570. The Bertz CT molecular complexity index is 558. The van der Waals surface area contributed by atoms with Crippen LogP contribution in [-0.2, 0) is 14.8 Å². The zero-order valence-corrected chi connectivity index (χ0v) is 12.3. The van der Waals surface area contributed by atoms with Crippen molar-refractivity contribution in [2.24, 2.45) is 0 Å². The van der Waals surface area contributed by atoms with Gasteiger partial charge in [-0.2, -0.15) is 4.31 Å². The Morgan fingerprint density at radius 3 is 2.56 bits per heavy atom. The fraction of sp³-hybridized carbons (Fsp3) is 0.300. The number of carbonyl (C=O) groups is 1. The normalized spacial score (nSPS) is 21.1. The predicted octanol–water partition coefficient (Wildman–Crippen LogP) is 1.60. The molecule has 0 bridgehead atoms. The first kappa shape index (κ1) is 13.9. The maximum Gasteiger partial charge on any atom is 0.322 e. The van der Waals surface area contributed by atoms with Gasteiger partial charge in [0.1, 0.15) is 6.04 Å². The summed E-state index contributed by atoms with van der Waals surface area (Å²) in [6.07, 6.45) is 0. The van der Waals surface area contributed by atoms with E-state index in [2.05, 4.69) is 15.9 Å². The van der Waals surface area contributed by atoms with E-state index in [1.54, 1.807) is 12.1 Å². The molecule has 0 aromatic heterocycles. The van der Waals surface area contributed by atoms with Gasteiger partial charge in [0, 0.05) is 10.2 Å². The zero-order chi connectivity index (χ0) is 13.3. The third-order valence-electron chi connectivity index (χ3n) is 2.55. The highest BCUT2D eigenvalue weighted by molar-refractivity contribution is 9.10. The number of halogens is 1. The molecule has 0 saturated carbocycles. The fourth-order valence-electron chi connectivity index (χ4n) is 1.60. The zero-order valence-electron chi connectivity index (χ0n) is 9.11. The molecule has 0 aliphatic carbocycles. The molecule has 1 aromatic rings. The van der Waals surface area contributed by atoms with Crippen LogP contribution in [0.25, 0.3) is 0 Å². The molecule has 5 nitrogen and oxygen atoms in total. The summed E-state index contributed by atoms with van der Waals surface area (Å²) in [5.41, 5.74) is 0. The highest BCUT2D eigenvalue weighted by Gasteiger charge is 2.39. The lowest BCUT2D eigenvalue weighted by Gasteiger charge is -2.19. The average Bonchev–Trinajstić information content (AvgIpc) is 2.79. The van der Waals surface area contributed by atoms with Gasteiger partial charge in [-0.1, -0.05) is 15.9 Å². The second kappa shape index (κ2) is 5.20. The van der Waals surface area contributed by atoms with Crippen LogP contribution in [0.5, 0.6) is 0 Å². The first-order valence-corrected chi connectivity index (χ1v) is 8.39. The maximum atomic E-state index is 12.3. The highest BCUT2D eigenvalue weighted by Crippen LogP contribution is 2.28. The summed E-state index contributed by atoms with van der Waals surface area (Å²) in [6.45, 7) is 0. The van der Waals surface area contributed by atoms with Gasteiger partial charge in [0.25, 0.3) is 0 Å². The molecular weight excluding hydrogens is 342 g/mol. The molecule has 1 aliphatic heterocycles. The van der Waals surface area contributed by atoms with Crippen molar-refractivity contribution < 1.29 is 18.3 Å². The molecule has 0 amide bonds. The lowest BCUT2D eigenvalue weighted by Crippen LogP contribution is -2.41. The molecule has 98 valence electrons. The Morgan fingerprint density at radius 2 is 2.00 bits per heavy atom. The largest absolute Gasteiger partial charge is 0.480 e. The molecule has 1 heterocycles. The minimum Gasteiger partial charge on any atom is -0.480 e. The molecular formula is C10H10BrNO4S2. The number of hydrogen-bond acceptors (Lipinski definition) is 4. The van der Waals surface area contributed by atoms with Crippen LogP contribution in [0.4, 0.5) is 0 Å². The first-order chi connectivity index (χ1) is 8.43. The van der Waals surface area contributed by atoms with Crippen molar-refractivity contribution in [3.05, 3.63) is 28.7 Å². The molecule has 1 N–H and O–H groups in total. The van der Waals surface area contributed by atoms with Gasteiger partial charge >= 0.3 is 5.97 Å². The Morgan fingerprint density at radius 1 is 1.39 bits per heavy atom. The average molecular weight is 352 g/mol. The number of rotatable bonds is 3. The summed E-state index contributed by atoms with van der Waals surface area (Å²) >= 11 is 4.52. The SMILES string of the molecule is O=C(O)[C@@H]1CSCN1S(=O)(=O)c1ccc(Br)cc1. The standard InChI is InChI=1S/C10H10BrNO4S2/c11-7-1-3-8(4-2-7)18(15,16)12-6-17-5-9(12)10(13)14/h1-4,9H,5-6H2,(H,13,14)/t9-/m0/s1. The minimum absolute atomic E-state index is 0.111. The van der Waals surface area contributed by atoms with E-state index in [1.165, 1.54) is 23.9 Å². The Labute approximate surface area is 117 Å². The van der Waals surface area contributed by atoms with E-state index in [4.69, 9.17) is 5.11 Å². The summed E-state index contributed by atoms with van der Waals surface area (Å²) in [6, 6.07) is 5.17. The van der Waals surface area contributed by atoms with Crippen LogP contribution in [0.3, 0.4) is 0 Å². The first-order valence-electron chi connectivity index (χ1n) is 5.01. The van der Waals surface area contributed by atoms with Crippen LogP contribution in [0, 0.1) is 0 Å². The van der Waals surface area contributed by atoms with Crippen molar-refractivity contribution in [3.8, 4) is 0 Å². The maximum absolute atomic E-state index is 12.3. The summed E-state index contributed by atoms with van der Waals surface area (Å²) in [7, 11) is -3.74. The summed E-state index contributed by atoms with van der Waals surface area (Å²) in [5, 5.41) is 9.01. The van der Waals surface area contributed by atoms with E-state index in [0.717, 1.165) is 8.78 Å². The number of nitrogens with zero attached hydrogens (tertiary/aromatic N) is 1. The lowest BCUT2D eigenvalue weighted by molar-refractivity contribution is -0.140. The van der Waals surface area contributed by atoms with Gasteiger partial charge in [0.2, 0.25) is 10.0 Å². The predicted molar refractivity (Wildman–Crippen MR) is 71.9 cm³/mol. The summed E-state index contributed by atoms with van der Waals surface area (Å²) in [4.78, 5) is 11.1. The van der Waals surface area contributed by atoms with Gasteiger partial charge in [-0.05, 0) is 24.3 Å². The van der Waals surface area contributed by atoms with Crippen LogP contribution in [0.15, 0.2) is 33.6 Å². The van der Waals surface area contributed by atoms with E-state index < -0.39 is 22.0 Å². The number of benzene rings is 1. The van der Waals surface area contributed by atoms with Crippen LogP contribution in [-0.4, -0.2) is 41.5 Å². The van der Waals surface area contributed by atoms with E-state index >= 15 is 0 Å². The van der Waals surface area contributed by atoms with Gasteiger partial charge in [0.15, 0.2) is 0 Å². The molecule has 1 aliphatic rings. The molecule has 18 heavy (non-hydrogen) atoms. The van der Waals surface area contributed by atoms with Crippen LogP contribution >= 0.6 is 27.7 Å². The molecule has 1 saturated heterocycles. The number of hydrogen-bond donors (Lipinski definition) is 1. The minimum atomic E-state index is -3.74. The molecule has 0 spiro atoms. The number of sulfonamides is 1. The van der Waals surface area contributed by atoms with Gasteiger partial charge in [-0.15, -0.1) is 11.8 Å². The topological polar surface area (TPSA) is 74.7 Å². The van der Waals surface area contributed by atoms with Crippen molar-refractivity contribution in [1.29, 1.82) is 0 Å². The van der Waals surface area contributed by atoms with Crippen molar-refractivity contribution in [2.75, 3.05) is 11.6 Å². The third kappa shape index (κ3) is 2.56. The quantitative estimate of drug-likeness (QED) is 0.894. The van der Waals surface area contributed by atoms with Gasteiger partial charge in [-0.3, -0.25) is 4.79 Å². The molecule has 0 radical (unpaired) electrons. The van der Waals surface area contributed by atoms with Crippen molar-refractivity contribution >= 4 is 43.7 Å². The molecule has 1 aromatic carbocycles. The second-order valence-corrected chi connectivity index (χ2v) is 7.51. The van der Waals surface area contributed by atoms with Gasteiger partial charge in [0.05, 0.1) is 10.8 Å². The monoisotopic (exact) mass is 351 g/mol. The van der Waals surface area contributed by atoms with E-state index in [1.807, 2.05) is 0 Å². The fourth-order valence-corrected chi connectivity index (χ4v) is 5.00. The summed E-state index contributed by atoms with van der Waals surface area (Å²) in [5.74, 6) is -0.652. The van der Waals surface area contributed by atoms with Crippen molar-refractivity contribution in [2.45, 2.75) is 10.9 Å². The van der Waals surface area contributed by atoms with Gasteiger partial charge < -0.3 is 5.11 Å². The molecule has 8 heteroatoms. The number of thioether (sulfide) groups is 1. The molecule has 1 atom stereocenters. The van der Waals surface area contributed by atoms with E-state index in [-0.39, 0.29) is 16.5 Å².